The van der Waals surface area contributed by atoms with Gasteiger partial charge in [-0.1, -0.05) is 61.2 Å². The summed E-state index contributed by atoms with van der Waals surface area (Å²) >= 11 is 0. The summed E-state index contributed by atoms with van der Waals surface area (Å²) in [4.78, 5) is 0. The molecule has 0 aromatic heterocycles. The molecule has 4 nitrogen and oxygen atoms in total. The fourth-order valence-corrected chi connectivity index (χ4v) is 4.49. The van der Waals surface area contributed by atoms with Gasteiger partial charge in [-0.05, 0) is 29.3 Å². The van der Waals surface area contributed by atoms with Crippen LogP contribution in [-0.2, 0) is 4.57 Å². The van der Waals surface area contributed by atoms with Gasteiger partial charge in [0.15, 0.2) is 5.85 Å². The molecule has 2 atom stereocenters. The number of para-hydroxylation sites is 1. The third-order valence-corrected chi connectivity index (χ3v) is 6.22. The molecule has 0 aliphatic carbocycles. The molecular formula is C20H19O4P. The summed E-state index contributed by atoms with van der Waals surface area (Å²) in [6.45, 7) is 4.01. The van der Waals surface area contributed by atoms with E-state index in [1.54, 1.807) is 24.3 Å². The average Bonchev–Trinajstić information content (AvgIpc) is 2.61. The maximum Gasteiger partial charge on any atom is 0.283 e. The second-order valence-electron chi connectivity index (χ2n) is 5.77. The summed E-state index contributed by atoms with van der Waals surface area (Å²) in [6.07, 6.45) is 7.23. The molecule has 0 saturated heterocycles. The predicted molar refractivity (Wildman–Crippen MR) is 99.9 cm³/mol. The van der Waals surface area contributed by atoms with Gasteiger partial charge in [-0.25, -0.2) is 0 Å². The van der Waals surface area contributed by atoms with Crippen LogP contribution in [0.2, 0.25) is 0 Å². The summed E-state index contributed by atoms with van der Waals surface area (Å²) in [6, 6.07) is 13.2. The van der Waals surface area contributed by atoms with E-state index < -0.39 is 13.2 Å². The molecule has 1 aliphatic rings. The van der Waals surface area contributed by atoms with E-state index in [1.807, 2.05) is 24.3 Å². The van der Waals surface area contributed by atoms with Gasteiger partial charge in [0.2, 0.25) is 0 Å². The lowest BCUT2D eigenvalue weighted by Crippen LogP contribution is -2.08. The second-order valence-corrected chi connectivity index (χ2v) is 8.26. The zero-order chi connectivity index (χ0) is 17.9. The number of phenols is 1. The Morgan fingerprint density at radius 3 is 2.56 bits per heavy atom. The predicted octanol–water partition coefficient (Wildman–Crippen LogP) is 4.88. The number of allylic oxidation sites excluding steroid dienone is 5. The molecule has 5 heteroatoms. The molecule has 0 amide bonds. The third kappa shape index (κ3) is 3.76. The van der Waals surface area contributed by atoms with Crippen molar-refractivity contribution in [1.29, 1.82) is 0 Å². The largest absolute Gasteiger partial charge is 0.508 e. The monoisotopic (exact) mass is 354 g/mol. The van der Waals surface area contributed by atoms with Gasteiger partial charge in [0.05, 0.1) is 6.16 Å². The molecule has 2 unspecified atom stereocenters. The van der Waals surface area contributed by atoms with Crippen molar-refractivity contribution in [2.75, 3.05) is 6.16 Å². The lowest BCUT2D eigenvalue weighted by Gasteiger charge is -2.25. The molecule has 2 N–H and O–H groups in total. The summed E-state index contributed by atoms with van der Waals surface area (Å²) in [5.74, 6) is -0.802. The Kier molecular flexibility index (Phi) is 4.93. The van der Waals surface area contributed by atoms with Crippen LogP contribution >= 0.6 is 7.37 Å². The Bertz CT molecular complexity index is 881. The van der Waals surface area contributed by atoms with E-state index in [0.29, 0.717) is 11.3 Å². The molecule has 0 radical (unpaired) electrons. The highest BCUT2D eigenvalue weighted by molar-refractivity contribution is 7.59. The molecule has 0 spiro atoms. The molecule has 1 aliphatic heterocycles. The van der Waals surface area contributed by atoms with E-state index in [1.165, 1.54) is 24.3 Å². The number of aliphatic hydroxyl groups is 1. The maximum atomic E-state index is 13.5. The Labute approximate surface area is 146 Å². The normalized spacial score (nSPS) is 23.8. The van der Waals surface area contributed by atoms with Crippen molar-refractivity contribution in [3.63, 3.8) is 0 Å². The van der Waals surface area contributed by atoms with Crippen LogP contribution in [0.5, 0.6) is 11.5 Å². The fourth-order valence-electron chi connectivity index (χ4n) is 2.59. The van der Waals surface area contributed by atoms with E-state index in [9.17, 15) is 14.8 Å². The van der Waals surface area contributed by atoms with Gasteiger partial charge in [0.25, 0.3) is 7.37 Å². The SMILES string of the molecule is C=C1/C=C\C=C/CP(=O)(C(O)c2ccc(O)cc2)Oc2ccccc21. The van der Waals surface area contributed by atoms with Gasteiger partial charge in [0.1, 0.15) is 11.5 Å². The van der Waals surface area contributed by atoms with Gasteiger partial charge in [-0.3, -0.25) is 4.57 Å². The van der Waals surface area contributed by atoms with Crippen LogP contribution in [0.1, 0.15) is 17.0 Å². The molecule has 128 valence electrons. The first-order valence-corrected chi connectivity index (χ1v) is 9.74. The van der Waals surface area contributed by atoms with Crippen molar-refractivity contribution in [2.45, 2.75) is 5.85 Å². The van der Waals surface area contributed by atoms with Gasteiger partial charge >= 0.3 is 0 Å². The molecule has 0 saturated carbocycles. The third-order valence-electron chi connectivity index (χ3n) is 3.95. The molecule has 2 aromatic rings. The van der Waals surface area contributed by atoms with Crippen LogP contribution in [0, 0.1) is 0 Å². The number of aliphatic hydroxyl groups excluding tert-OH is 1. The van der Waals surface area contributed by atoms with Crippen LogP contribution < -0.4 is 4.52 Å². The Morgan fingerprint density at radius 2 is 1.80 bits per heavy atom. The van der Waals surface area contributed by atoms with Gasteiger partial charge in [-0.2, -0.15) is 0 Å². The maximum absolute atomic E-state index is 13.5. The Balaban J connectivity index is 2.04. The molecular weight excluding hydrogens is 335 g/mol. The zero-order valence-electron chi connectivity index (χ0n) is 13.6. The minimum absolute atomic E-state index is 0.0767. The number of aromatic hydroxyl groups is 1. The van der Waals surface area contributed by atoms with E-state index in [4.69, 9.17) is 4.52 Å². The Morgan fingerprint density at radius 1 is 1.08 bits per heavy atom. The minimum atomic E-state index is -3.51. The fraction of sp³-hybridized carbons (Fsp3) is 0.100. The number of benzene rings is 2. The topological polar surface area (TPSA) is 66.8 Å². The zero-order valence-corrected chi connectivity index (χ0v) is 14.5. The van der Waals surface area contributed by atoms with Crippen LogP contribution in [0.4, 0.5) is 0 Å². The van der Waals surface area contributed by atoms with E-state index in [2.05, 4.69) is 6.58 Å². The summed E-state index contributed by atoms with van der Waals surface area (Å²) in [5.41, 5.74) is 1.89. The summed E-state index contributed by atoms with van der Waals surface area (Å²) in [7, 11) is -3.51. The molecule has 3 rings (SSSR count). The standard InChI is InChI=1S/C20H19O4P/c1-15-7-3-2-6-14-25(23,24-19-9-5-4-8-18(15)19)20(22)16-10-12-17(21)13-11-16/h2-13,20-22H,1,14H2/b6-2-,7-3-. The molecule has 2 aromatic carbocycles. The highest BCUT2D eigenvalue weighted by atomic mass is 31.2. The first-order chi connectivity index (χ1) is 12.0. The lowest BCUT2D eigenvalue weighted by molar-refractivity contribution is 0.237. The lowest BCUT2D eigenvalue weighted by atomic mass is 10.1. The van der Waals surface area contributed by atoms with E-state index >= 15 is 0 Å². The van der Waals surface area contributed by atoms with E-state index in [-0.39, 0.29) is 11.9 Å². The van der Waals surface area contributed by atoms with Crippen LogP contribution in [0.25, 0.3) is 5.57 Å². The number of hydrogen-bond donors (Lipinski definition) is 2. The van der Waals surface area contributed by atoms with Crippen molar-refractivity contribution in [2.24, 2.45) is 0 Å². The molecule has 0 fully saturated rings. The molecule has 0 bridgehead atoms. The quantitative estimate of drug-likeness (QED) is 0.755. The number of rotatable bonds is 2. The van der Waals surface area contributed by atoms with Gasteiger partial charge in [0, 0.05) is 5.56 Å². The van der Waals surface area contributed by atoms with Crippen molar-refractivity contribution in [3.8, 4) is 11.5 Å². The number of fused-ring (bicyclic) bond motifs is 1. The minimum Gasteiger partial charge on any atom is -0.508 e. The summed E-state index contributed by atoms with van der Waals surface area (Å²) < 4.78 is 19.4. The van der Waals surface area contributed by atoms with E-state index in [0.717, 1.165) is 11.1 Å². The number of hydrogen-bond acceptors (Lipinski definition) is 4. The van der Waals surface area contributed by atoms with Crippen molar-refractivity contribution in [3.05, 3.63) is 90.5 Å². The van der Waals surface area contributed by atoms with Gasteiger partial charge < -0.3 is 14.7 Å². The highest BCUT2D eigenvalue weighted by Gasteiger charge is 2.35. The highest BCUT2D eigenvalue weighted by Crippen LogP contribution is 2.59. The first kappa shape index (κ1) is 17.3. The first-order valence-electron chi connectivity index (χ1n) is 7.86. The average molecular weight is 354 g/mol. The number of phenolic OH excluding ortho intramolecular Hbond substituents is 1. The van der Waals surface area contributed by atoms with Crippen molar-refractivity contribution >= 4 is 12.9 Å². The Hall–Kier alpha value is -2.55. The van der Waals surface area contributed by atoms with Crippen LogP contribution in [0.3, 0.4) is 0 Å². The summed E-state index contributed by atoms with van der Waals surface area (Å²) in [5, 5.41) is 20.1. The van der Waals surface area contributed by atoms with Crippen molar-refractivity contribution < 1.29 is 19.3 Å². The van der Waals surface area contributed by atoms with Crippen LogP contribution in [-0.4, -0.2) is 16.4 Å². The second kappa shape index (κ2) is 7.14. The van der Waals surface area contributed by atoms with Crippen molar-refractivity contribution in [1.82, 2.24) is 0 Å². The smallest absolute Gasteiger partial charge is 0.283 e. The van der Waals surface area contributed by atoms with Gasteiger partial charge in [-0.15, -0.1) is 0 Å². The van der Waals surface area contributed by atoms with Crippen LogP contribution in [0.15, 0.2) is 79.4 Å². The molecule has 1 heterocycles. The molecule has 25 heavy (non-hydrogen) atoms.